The minimum Gasteiger partial charge on any atom is -0.351 e. The number of nitrogens with one attached hydrogen (secondary N) is 2. The minimum atomic E-state index is -0.272. The van der Waals surface area contributed by atoms with Gasteiger partial charge in [-0.2, -0.15) is 5.10 Å². The van der Waals surface area contributed by atoms with E-state index in [-0.39, 0.29) is 11.8 Å². The Morgan fingerprint density at radius 1 is 0.943 bits per heavy atom. The molecule has 2 heterocycles. The summed E-state index contributed by atoms with van der Waals surface area (Å²) in [5.74, 6) is 0.248. The minimum absolute atomic E-state index is 0.130. The quantitative estimate of drug-likeness (QED) is 0.385. The normalized spacial score (nSPS) is 11.1. The van der Waals surface area contributed by atoms with E-state index < -0.39 is 0 Å². The number of nitrogens with zero attached hydrogens (tertiary/aromatic N) is 4. The largest absolute Gasteiger partial charge is 0.351 e. The summed E-state index contributed by atoms with van der Waals surface area (Å²) in [5.41, 5.74) is 3.16. The van der Waals surface area contributed by atoms with Crippen molar-refractivity contribution in [2.75, 3.05) is 31.5 Å². The fourth-order valence-corrected chi connectivity index (χ4v) is 3.91. The van der Waals surface area contributed by atoms with E-state index >= 15 is 0 Å². The molecule has 8 nitrogen and oxygen atoms in total. The molecular weight excluding hydrogens is 440 g/mol. The van der Waals surface area contributed by atoms with E-state index in [9.17, 15) is 9.59 Å². The second-order valence-corrected chi connectivity index (χ2v) is 8.23. The summed E-state index contributed by atoms with van der Waals surface area (Å²) in [4.78, 5) is 32.2. The maximum absolute atomic E-state index is 12.9. The van der Waals surface area contributed by atoms with Gasteiger partial charge in [-0.25, -0.2) is 9.67 Å². The molecule has 0 radical (unpaired) electrons. The highest BCUT2D eigenvalue weighted by atomic mass is 16.2. The molecule has 0 fully saturated rings. The Labute approximate surface area is 205 Å². The van der Waals surface area contributed by atoms with Crippen LogP contribution < -0.4 is 10.6 Å². The number of carbonyl (C=O) groups excluding carboxylic acids is 2. The first-order valence-electron chi connectivity index (χ1n) is 11.8. The first-order valence-corrected chi connectivity index (χ1v) is 11.8. The molecule has 180 valence electrons. The molecule has 8 heteroatoms. The molecule has 0 aliphatic rings. The number of carbonyl (C=O) groups is 2. The maximum atomic E-state index is 12.9. The number of fused-ring (bicyclic) bond motifs is 1. The second-order valence-electron chi connectivity index (χ2n) is 8.23. The maximum Gasteiger partial charge on any atom is 0.259 e. The Balaban J connectivity index is 1.40. The van der Waals surface area contributed by atoms with Crippen LogP contribution in [-0.2, 0) is 0 Å². The number of anilines is 1. The molecule has 0 aliphatic heterocycles. The van der Waals surface area contributed by atoms with E-state index in [0.29, 0.717) is 34.9 Å². The van der Waals surface area contributed by atoms with Crippen LogP contribution in [0.2, 0.25) is 0 Å². The van der Waals surface area contributed by atoms with Crippen LogP contribution in [-0.4, -0.2) is 57.7 Å². The summed E-state index contributed by atoms with van der Waals surface area (Å²) in [6, 6.07) is 18.6. The standard InChI is InChI=1S/C27H30N6O2/c1-4-32(5-2)17-16-28-26(34)21-10-13-22(14-11-21)30-27(35)23-18-29-33(19(23)3)25-15-12-20-8-6-7-9-24(20)31-25/h6-15,18H,4-5,16-17H2,1-3H3,(H,28,34)(H,30,35). The molecule has 2 amide bonds. The number of para-hydroxylation sites is 1. The van der Waals surface area contributed by atoms with Gasteiger partial charge in [0.05, 0.1) is 23.0 Å². The molecule has 0 spiro atoms. The Kier molecular flexibility index (Phi) is 7.52. The van der Waals surface area contributed by atoms with Gasteiger partial charge in [0.15, 0.2) is 5.82 Å². The molecule has 35 heavy (non-hydrogen) atoms. The van der Waals surface area contributed by atoms with Crippen molar-refractivity contribution in [3.8, 4) is 5.82 Å². The van der Waals surface area contributed by atoms with Gasteiger partial charge in [-0.05, 0) is 62.5 Å². The number of benzene rings is 2. The number of hydrogen-bond donors (Lipinski definition) is 2. The summed E-state index contributed by atoms with van der Waals surface area (Å²) < 4.78 is 1.66. The molecule has 4 aromatic rings. The highest BCUT2D eigenvalue weighted by Crippen LogP contribution is 2.18. The SMILES string of the molecule is CCN(CC)CCNC(=O)c1ccc(NC(=O)c2cnn(-c3ccc4ccccc4n3)c2C)cc1. The molecule has 0 unspecified atom stereocenters. The zero-order chi connectivity index (χ0) is 24.8. The van der Waals surface area contributed by atoms with Crippen molar-refractivity contribution in [1.82, 2.24) is 25.0 Å². The van der Waals surface area contributed by atoms with Crippen molar-refractivity contribution in [1.29, 1.82) is 0 Å². The van der Waals surface area contributed by atoms with E-state index in [4.69, 9.17) is 0 Å². The van der Waals surface area contributed by atoms with Crippen molar-refractivity contribution in [2.24, 2.45) is 0 Å². The highest BCUT2D eigenvalue weighted by molar-refractivity contribution is 6.05. The van der Waals surface area contributed by atoms with Crippen LogP contribution in [0.25, 0.3) is 16.7 Å². The average molecular weight is 471 g/mol. The fourth-order valence-electron chi connectivity index (χ4n) is 3.91. The van der Waals surface area contributed by atoms with Gasteiger partial charge in [0.2, 0.25) is 0 Å². The Hall–Kier alpha value is -4.04. The number of rotatable bonds is 9. The Morgan fingerprint density at radius 3 is 2.43 bits per heavy atom. The molecule has 0 aliphatic carbocycles. The molecule has 0 saturated heterocycles. The van der Waals surface area contributed by atoms with Gasteiger partial charge in [0.25, 0.3) is 11.8 Å². The zero-order valence-electron chi connectivity index (χ0n) is 20.3. The third kappa shape index (κ3) is 5.55. The lowest BCUT2D eigenvalue weighted by Gasteiger charge is -2.18. The highest BCUT2D eigenvalue weighted by Gasteiger charge is 2.16. The van der Waals surface area contributed by atoms with Gasteiger partial charge < -0.3 is 15.5 Å². The van der Waals surface area contributed by atoms with E-state index in [2.05, 4.69) is 39.5 Å². The fraction of sp³-hybridized carbons (Fsp3) is 0.259. The number of likely N-dealkylation sites (N-methyl/N-ethyl adjacent to an activating group) is 1. The van der Waals surface area contributed by atoms with Crippen LogP contribution in [0.4, 0.5) is 5.69 Å². The molecule has 0 saturated carbocycles. The van der Waals surface area contributed by atoms with Gasteiger partial charge in [-0.3, -0.25) is 9.59 Å². The Morgan fingerprint density at radius 2 is 1.69 bits per heavy atom. The van der Waals surface area contributed by atoms with Crippen molar-refractivity contribution < 1.29 is 9.59 Å². The molecular formula is C27H30N6O2. The van der Waals surface area contributed by atoms with Gasteiger partial charge in [-0.15, -0.1) is 0 Å². The van der Waals surface area contributed by atoms with E-state index in [1.54, 1.807) is 35.1 Å². The zero-order valence-corrected chi connectivity index (χ0v) is 20.3. The van der Waals surface area contributed by atoms with Crippen molar-refractivity contribution in [3.63, 3.8) is 0 Å². The summed E-state index contributed by atoms with van der Waals surface area (Å²) in [6.45, 7) is 9.36. The van der Waals surface area contributed by atoms with Gasteiger partial charge in [0.1, 0.15) is 0 Å². The number of hydrogen-bond acceptors (Lipinski definition) is 5. The Bertz CT molecular complexity index is 1330. The summed E-state index contributed by atoms with van der Waals surface area (Å²) in [6.07, 6.45) is 1.54. The summed E-state index contributed by atoms with van der Waals surface area (Å²) in [5, 5.41) is 11.2. The van der Waals surface area contributed by atoms with Gasteiger partial charge >= 0.3 is 0 Å². The lowest BCUT2D eigenvalue weighted by molar-refractivity contribution is 0.0948. The average Bonchev–Trinajstić information content (AvgIpc) is 3.28. The van der Waals surface area contributed by atoms with E-state index in [1.807, 2.05) is 43.3 Å². The summed E-state index contributed by atoms with van der Waals surface area (Å²) >= 11 is 0. The van der Waals surface area contributed by atoms with Crippen LogP contribution in [0, 0.1) is 6.92 Å². The van der Waals surface area contributed by atoms with Gasteiger partial charge in [0, 0.05) is 29.7 Å². The second kappa shape index (κ2) is 10.9. The van der Waals surface area contributed by atoms with Crippen LogP contribution in [0.3, 0.4) is 0 Å². The third-order valence-corrected chi connectivity index (χ3v) is 6.07. The van der Waals surface area contributed by atoms with Crippen molar-refractivity contribution in [3.05, 3.63) is 83.7 Å². The first kappa shape index (κ1) is 24.1. The van der Waals surface area contributed by atoms with Crippen molar-refractivity contribution in [2.45, 2.75) is 20.8 Å². The number of pyridine rings is 1. The molecule has 2 N–H and O–H groups in total. The smallest absolute Gasteiger partial charge is 0.259 e. The van der Waals surface area contributed by atoms with Crippen LogP contribution in [0.1, 0.15) is 40.3 Å². The third-order valence-electron chi connectivity index (χ3n) is 6.07. The predicted molar refractivity (Wildman–Crippen MR) is 138 cm³/mol. The molecule has 4 rings (SSSR count). The van der Waals surface area contributed by atoms with Crippen LogP contribution >= 0.6 is 0 Å². The van der Waals surface area contributed by atoms with E-state index in [1.165, 1.54) is 0 Å². The molecule has 2 aromatic heterocycles. The molecule has 0 atom stereocenters. The first-order chi connectivity index (χ1) is 17.0. The molecule has 2 aromatic carbocycles. The monoisotopic (exact) mass is 470 g/mol. The van der Waals surface area contributed by atoms with E-state index in [0.717, 1.165) is 30.5 Å². The number of aromatic nitrogens is 3. The predicted octanol–water partition coefficient (Wildman–Crippen LogP) is 4.05. The number of amides is 2. The molecule has 0 bridgehead atoms. The van der Waals surface area contributed by atoms with Crippen LogP contribution in [0.15, 0.2) is 66.9 Å². The summed E-state index contributed by atoms with van der Waals surface area (Å²) in [7, 11) is 0. The lowest BCUT2D eigenvalue weighted by atomic mass is 10.2. The van der Waals surface area contributed by atoms with Crippen molar-refractivity contribution >= 4 is 28.4 Å². The lowest BCUT2D eigenvalue weighted by Crippen LogP contribution is -2.34. The van der Waals surface area contributed by atoms with Gasteiger partial charge in [-0.1, -0.05) is 32.0 Å². The topological polar surface area (TPSA) is 92.2 Å². The van der Waals surface area contributed by atoms with Crippen LogP contribution in [0.5, 0.6) is 0 Å².